The molecular formula is C28H36N2O2. The van der Waals surface area contributed by atoms with Gasteiger partial charge in [-0.15, -0.1) is 0 Å². The van der Waals surface area contributed by atoms with Crippen LogP contribution >= 0.6 is 0 Å². The number of carbonyl (C=O) groups excluding carboxylic acids is 1. The standard InChI is InChI=1S/C28H36N2O2/c1-5-6-7-10-19-32-25-12-9-8-11-22(25)15-17-28-27(3,4)23-20-21(2)13-14-24(23)30(28)18-16-26(31)29-28/h8-9,11-15,17,20H,5-7,10,16,18-19H2,1-4H3,(H,29,31)/t28-/m1/s1. The van der Waals surface area contributed by atoms with E-state index in [4.69, 9.17) is 4.74 Å². The highest BCUT2D eigenvalue weighted by molar-refractivity contribution is 5.85. The molecular weight excluding hydrogens is 396 g/mol. The van der Waals surface area contributed by atoms with Crippen molar-refractivity contribution >= 4 is 17.7 Å². The van der Waals surface area contributed by atoms with Crippen LogP contribution in [0.5, 0.6) is 5.75 Å². The molecule has 2 aromatic rings. The molecule has 1 N–H and O–H groups in total. The summed E-state index contributed by atoms with van der Waals surface area (Å²) in [6, 6.07) is 14.8. The maximum atomic E-state index is 12.6. The number of nitrogens with one attached hydrogen (secondary N) is 1. The van der Waals surface area contributed by atoms with Gasteiger partial charge >= 0.3 is 0 Å². The molecule has 2 aliphatic rings. The normalized spacial score (nSPS) is 21.4. The minimum atomic E-state index is -0.604. The summed E-state index contributed by atoms with van der Waals surface area (Å²) in [7, 11) is 0. The van der Waals surface area contributed by atoms with E-state index in [-0.39, 0.29) is 11.3 Å². The Hall–Kier alpha value is -2.75. The van der Waals surface area contributed by atoms with Crippen LogP contribution in [0.15, 0.2) is 48.5 Å². The predicted molar refractivity (Wildman–Crippen MR) is 132 cm³/mol. The van der Waals surface area contributed by atoms with E-state index in [0.717, 1.165) is 24.3 Å². The van der Waals surface area contributed by atoms with Crippen molar-refractivity contribution in [2.75, 3.05) is 18.1 Å². The second kappa shape index (κ2) is 9.01. The van der Waals surface area contributed by atoms with Crippen molar-refractivity contribution in [1.29, 1.82) is 0 Å². The third kappa shape index (κ3) is 3.92. The molecule has 0 radical (unpaired) electrons. The van der Waals surface area contributed by atoms with Gasteiger partial charge in [0.2, 0.25) is 5.91 Å². The number of rotatable bonds is 8. The summed E-state index contributed by atoms with van der Waals surface area (Å²) in [5.74, 6) is 0.999. The molecule has 2 aliphatic heterocycles. The second-order valence-electron chi connectivity index (χ2n) is 9.64. The molecule has 2 aromatic carbocycles. The Labute approximate surface area is 192 Å². The van der Waals surface area contributed by atoms with Gasteiger partial charge in [-0.25, -0.2) is 0 Å². The number of amides is 1. The number of unbranched alkanes of at least 4 members (excludes halogenated alkanes) is 3. The fourth-order valence-corrected chi connectivity index (χ4v) is 5.14. The molecule has 0 spiro atoms. The minimum absolute atomic E-state index is 0.101. The summed E-state index contributed by atoms with van der Waals surface area (Å²) in [6.07, 6.45) is 9.56. The van der Waals surface area contributed by atoms with Crippen molar-refractivity contribution in [1.82, 2.24) is 5.32 Å². The zero-order valence-corrected chi connectivity index (χ0v) is 19.9. The van der Waals surface area contributed by atoms with Crippen LogP contribution in [0.3, 0.4) is 0 Å². The molecule has 170 valence electrons. The van der Waals surface area contributed by atoms with Crippen molar-refractivity contribution in [3.8, 4) is 5.75 Å². The number of carbonyl (C=O) groups is 1. The summed E-state index contributed by atoms with van der Waals surface area (Å²) < 4.78 is 6.13. The van der Waals surface area contributed by atoms with Crippen LogP contribution in [0.25, 0.3) is 6.08 Å². The Morgan fingerprint density at radius 1 is 1.12 bits per heavy atom. The third-order valence-corrected chi connectivity index (χ3v) is 7.07. The summed E-state index contributed by atoms with van der Waals surface area (Å²) in [4.78, 5) is 15.0. The van der Waals surface area contributed by atoms with Crippen LogP contribution in [0, 0.1) is 6.92 Å². The molecule has 0 unspecified atom stereocenters. The van der Waals surface area contributed by atoms with E-state index in [1.807, 2.05) is 18.2 Å². The highest BCUT2D eigenvalue weighted by atomic mass is 16.5. The maximum absolute atomic E-state index is 12.6. The molecule has 0 bridgehead atoms. The van der Waals surface area contributed by atoms with Crippen LogP contribution in [-0.2, 0) is 10.2 Å². The van der Waals surface area contributed by atoms with Gasteiger partial charge in [0.25, 0.3) is 0 Å². The fraction of sp³-hybridized carbons (Fsp3) is 0.464. The molecule has 4 rings (SSSR count). The first kappa shape index (κ1) is 22.4. The lowest BCUT2D eigenvalue weighted by Crippen LogP contribution is -2.68. The zero-order chi connectivity index (χ0) is 22.8. The lowest BCUT2D eigenvalue weighted by Gasteiger charge is -2.49. The first-order chi connectivity index (χ1) is 15.4. The van der Waals surface area contributed by atoms with Crippen molar-refractivity contribution in [3.05, 3.63) is 65.2 Å². The van der Waals surface area contributed by atoms with Gasteiger partial charge in [-0.3, -0.25) is 4.79 Å². The van der Waals surface area contributed by atoms with Gasteiger partial charge in [0.05, 0.1) is 6.61 Å². The second-order valence-corrected chi connectivity index (χ2v) is 9.64. The van der Waals surface area contributed by atoms with Crippen molar-refractivity contribution in [2.24, 2.45) is 0 Å². The molecule has 1 amide bonds. The largest absolute Gasteiger partial charge is 0.493 e. The molecule has 1 saturated heterocycles. The van der Waals surface area contributed by atoms with Crippen LogP contribution in [0.4, 0.5) is 5.69 Å². The molecule has 0 saturated carbocycles. The number of benzene rings is 2. The monoisotopic (exact) mass is 432 g/mol. The first-order valence-electron chi connectivity index (χ1n) is 12.0. The maximum Gasteiger partial charge on any atom is 0.223 e. The van der Waals surface area contributed by atoms with E-state index < -0.39 is 5.66 Å². The van der Waals surface area contributed by atoms with Gasteiger partial charge in [0.15, 0.2) is 0 Å². The lowest BCUT2D eigenvalue weighted by molar-refractivity contribution is -0.124. The Bertz CT molecular complexity index is 1010. The number of hydrogen-bond donors (Lipinski definition) is 1. The number of ether oxygens (including phenoxy) is 1. The Morgan fingerprint density at radius 2 is 1.94 bits per heavy atom. The van der Waals surface area contributed by atoms with Crippen LogP contribution in [-0.4, -0.2) is 24.7 Å². The van der Waals surface area contributed by atoms with E-state index in [1.165, 1.54) is 36.1 Å². The minimum Gasteiger partial charge on any atom is -0.493 e. The van der Waals surface area contributed by atoms with Crippen LogP contribution in [0.1, 0.15) is 69.6 Å². The van der Waals surface area contributed by atoms with Gasteiger partial charge in [0, 0.05) is 29.6 Å². The lowest BCUT2D eigenvalue weighted by atomic mass is 9.74. The number of fused-ring (bicyclic) bond motifs is 3. The Kier molecular flexibility index (Phi) is 6.32. The highest BCUT2D eigenvalue weighted by Crippen LogP contribution is 2.52. The van der Waals surface area contributed by atoms with Gasteiger partial charge in [0.1, 0.15) is 11.4 Å². The van der Waals surface area contributed by atoms with E-state index in [1.54, 1.807) is 0 Å². The average molecular weight is 433 g/mol. The molecule has 0 aliphatic carbocycles. The molecule has 4 heteroatoms. The van der Waals surface area contributed by atoms with E-state index in [2.05, 4.69) is 74.3 Å². The highest BCUT2D eigenvalue weighted by Gasteiger charge is 2.57. The SMILES string of the molecule is CCCCCCOc1ccccc1C=C[C@@]12NC(=O)CCN1c1ccc(C)cc1C2(C)C. The number of hydrogen-bond acceptors (Lipinski definition) is 3. The Balaban J connectivity index is 1.66. The first-order valence-corrected chi connectivity index (χ1v) is 12.0. The van der Waals surface area contributed by atoms with Crippen molar-refractivity contribution in [2.45, 2.75) is 70.9 Å². The molecule has 32 heavy (non-hydrogen) atoms. The van der Waals surface area contributed by atoms with Crippen LogP contribution in [0.2, 0.25) is 0 Å². The van der Waals surface area contributed by atoms with Crippen molar-refractivity contribution in [3.63, 3.8) is 0 Å². The molecule has 0 aromatic heterocycles. The quantitative estimate of drug-likeness (QED) is 0.522. The Morgan fingerprint density at radius 3 is 2.75 bits per heavy atom. The smallest absolute Gasteiger partial charge is 0.223 e. The number of para-hydroxylation sites is 1. The molecule has 1 atom stereocenters. The average Bonchev–Trinajstić information content (AvgIpc) is 2.96. The number of anilines is 1. The molecule has 4 nitrogen and oxygen atoms in total. The van der Waals surface area contributed by atoms with Gasteiger partial charge in [-0.1, -0.05) is 82.0 Å². The van der Waals surface area contributed by atoms with Gasteiger partial charge in [-0.2, -0.15) is 0 Å². The third-order valence-electron chi connectivity index (χ3n) is 7.07. The van der Waals surface area contributed by atoms with Gasteiger partial charge in [-0.05, 0) is 37.1 Å². The topological polar surface area (TPSA) is 41.6 Å². The van der Waals surface area contributed by atoms with E-state index >= 15 is 0 Å². The molecule has 1 fully saturated rings. The van der Waals surface area contributed by atoms with Crippen LogP contribution < -0.4 is 15.0 Å². The fourth-order valence-electron chi connectivity index (χ4n) is 5.14. The van der Waals surface area contributed by atoms with E-state index in [0.29, 0.717) is 13.0 Å². The summed E-state index contributed by atoms with van der Waals surface area (Å²) in [5.41, 5.74) is 3.89. The summed E-state index contributed by atoms with van der Waals surface area (Å²) in [5, 5.41) is 3.36. The number of aryl methyl sites for hydroxylation is 1. The summed E-state index contributed by atoms with van der Waals surface area (Å²) >= 11 is 0. The van der Waals surface area contributed by atoms with Gasteiger partial charge < -0.3 is 15.0 Å². The van der Waals surface area contributed by atoms with E-state index in [9.17, 15) is 4.79 Å². The molecule has 2 heterocycles. The predicted octanol–water partition coefficient (Wildman–Crippen LogP) is 5.98. The zero-order valence-electron chi connectivity index (χ0n) is 19.9. The number of nitrogens with zero attached hydrogens (tertiary/aromatic N) is 1. The van der Waals surface area contributed by atoms with Crippen molar-refractivity contribution < 1.29 is 9.53 Å². The summed E-state index contributed by atoms with van der Waals surface area (Å²) in [6.45, 7) is 10.3.